The van der Waals surface area contributed by atoms with E-state index in [1.54, 1.807) is 9.58 Å². The summed E-state index contributed by atoms with van der Waals surface area (Å²) in [5, 5.41) is 7.33. The van der Waals surface area contributed by atoms with E-state index in [-0.39, 0.29) is 29.2 Å². The molecule has 0 saturated heterocycles. The molecule has 2 aromatic carbocycles. The standard InChI is InChI=1S/C23H20ClFN6O2/c1-12-8-14(3-4-15(12)18-10-27-18)28-23(33)30-6-7-31-19(11-30)20(22(26)32)21(29-31)13-2-5-17(25)16(24)9-13/h2-5,8-10,18H,6-7,11H2,1H3,(H2,26,32)(H,28,33). The molecule has 0 spiro atoms. The Bertz CT molecular complexity index is 1330. The molecule has 3 N–H and O–H groups in total. The second kappa shape index (κ2) is 8.00. The average Bonchev–Trinajstić information content (AvgIpc) is 3.54. The van der Waals surface area contributed by atoms with Gasteiger partial charge < -0.3 is 16.0 Å². The highest BCUT2D eigenvalue weighted by atomic mass is 35.5. The predicted molar refractivity (Wildman–Crippen MR) is 123 cm³/mol. The first kappa shape index (κ1) is 21.1. The zero-order chi connectivity index (χ0) is 23.3. The van der Waals surface area contributed by atoms with Gasteiger partial charge in [0.2, 0.25) is 0 Å². The van der Waals surface area contributed by atoms with Crippen molar-refractivity contribution >= 4 is 35.4 Å². The summed E-state index contributed by atoms with van der Waals surface area (Å²) in [4.78, 5) is 31.0. The number of rotatable bonds is 4. The van der Waals surface area contributed by atoms with Crippen LogP contribution in [0, 0.1) is 12.7 Å². The highest BCUT2D eigenvalue weighted by molar-refractivity contribution is 6.31. The number of carbonyl (C=O) groups excluding carboxylic acids is 2. The minimum atomic E-state index is -0.678. The maximum atomic E-state index is 13.6. The Morgan fingerprint density at radius 2 is 2.00 bits per heavy atom. The van der Waals surface area contributed by atoms with Crippen molar-refractivity contribution in [1.29, 1.82) is 0 Å². The molecule has 168 valence electrons. The van der Waals surface area contributed by atoms with Crippen LogP contribution in [-0.4, -0.2) is 39.4 Å². The molecule has 0 aliphatic carbocycles. The maximum Gasteiger partial charge on any atom is 0.322 e. The number of hydrogen-bond donors (Lipinski definition) is 2. The van der Waals surface area contributed by atoms with Crippen LogP contribution in [0.15, 0.2) is 41.4 Å². The summed E-state index contributed by atoms with van der Waals surface area (Å²) >= 11 is 5.91. The van der Waals surface area contributed by atoms with Crippen LogP contribution in [0.2, 0.25) is 5.02 Å². The number of amides is 3. The van der Waals surface area contributed by atoms with Gasteiger partial charge in [0.1, 0.15) is 17.6 Å². The zero-order valence-electron chi connectivity index (χ0n) is 17.7. The van der Waals surface area contributed by atoms with E-state index in [1.165, 1.54) is 18.2 Å². The summed E-state index contributed by atoms with van der Waals surface area (Å²) < 4.78 is 15.3. The number of nitrogens with zero attached hydrogens (tertiary/aromatic N) is 4. The Kier molecular flexibility index (Phi) is 5.13. The quantitative estimate of drug-likeness (QED) is 0.608. The Morgan fingerprint density at radius 3 is 2.67 bits per heavy atom. The number of benzene rings is 2. The third kappa shape index (κ3) is 3.95. The number of halogens is 2. The Labute approximate surface area is 193 Å². The summed E-state index contributed by atoms with van der Waals surface area (Å²) in [5.41, 5.74) is 10.0. The molecule has 0 radical (unpaired) electrons. The number of aryl methyl sites for hydroxylation is 1. The van der Waals surface area contributed by atoms with E-state index in [0.717, 1.165) is 11.1 Å². The van der Waals surface area contributed by atoms with Crippen molar-refractivity contribution in [2.45, 2.75) is 26.1 Å². The zero-order valence-corrected chi connectivity index (χ0v) is 18.4. The Hall–Kier alpha value is -3.72. The third-order valence-electron chi connectivity index (χ3n) is 5.84. The Morgan fingerprint density at radius 1 is 1.21 bits per heavy atom. The number of nitrogens with two attached hydrogens (primary N) is 1. The number of nitrogens with one attached hydrogen (secondary N) is 1. The summed E-state index contributed by atoms with van der Waals surface area (Å²) in [6.45, 7) is 2.91. The number of aromatic nitrogens is 2. The van der Waals surface area contributed by atoms with Gasteiger partial charge in [-0.2, -0.15) is 5.10 Å². The topological polar surface area (TPSA) is 106 Å². The van der Waals surface area contributed by atoms with Gasteiger partial charge in [-0.25, -0.2) is 9.18 Å². The fraction of sp³-hybridized carbons (Fsp3) is 0.217. The molecule has 1 unspecified atom stereocenters. The van der Waals surface area contributed by atoms with Crippen LogP contribution in [-0.2, 0) is 13.1 Å². The van der Waals surface area contributed by atoms with Crippen molar-refractivity contribution in [3.05, 3.63) is 69.6 Å². The molecule has 2 aliphatic rings. The van der Waals surface area contributed by atoms with Crippen LogP contribution in [0.25, 0.3) is 11.3 Å². The van der Waals surface area contributed by atoms with Crippen LogP contribution in [0.1, 0.15) is 33.2 Å². The monoisotopic (exact) mass is 466 g/mol. The Balaban J connectivity index is 1.39. The smallest absolute Gasteiger partial charge is 0.322 e. The summed E-state index contributed by atoms with van der Waals surface area (Å²) in [7, 11) is 0. The van der Waals surface area contributed by atoms with Crippen LogP contribution in [0.4, 0.5) is 14.9 Å². The first-order valence-electron chi connectivity index (χ1n) is 10.4. The van der Waals surface area contributed by atoms with Gasteiger partial charge in [0.15, 0.2) is 0 Å². The van der Waals surface area contributed by atoms with Gasteiger partial charge in [0.05, 0.1) is 29.4 Å². The molecule has 3 aromatic rings. The van der Waals surface area contributed by atoms with E-state index in [1.807, 2.05) is 31.3 Å². The van der Waals surface area contributed by atoms with E-state index < -0.39 is 11.7 Å². The number of urea groups is 1. The molecule has 0 fully saturated rings. The lowest BCUT2D eigenvalue weighted by molar-refractivity contribution is 0.0997. The minimum absolute atomic E-state index is 0.0792. The lowest BCUT2D eigenvalue weighted by atomic mass is 10.0. The number of aliphatic imine (C=N–C) groups is 1. The number of anilines is 1. The van der Waals surface area contributed by atoms with Crippen molar-refractivity contribution in [3.63, 3.8) is 0 Å². The van der Waals surface area contributed by atoms with Crippen molar-refractivity contribution in [1.82, 2.24) is 14.7 Å². The van der Waals surface area contributed by atoms with Gasteiger partial charge in [-0.3, -0.25) is 14.5 Å². The molecule has 8 nitrogen and oxygen atoms in total. The van der Waals surface area contributed by atoms with Gasteiger partial charge in [-0.05, 0) is 48.4 Å². The van der Waals surface area contributed by atoms with Gasteiger partial charge >= 0.3 is 6.03 Å². The van der Waals surface area contributed by atoms with E-state index in [9.17, 15) is 14.0 Å². The SMILES string of the molecule is Cc1cc(NC(=O)N2CCn3nc(-c4ccc(F)c(Cl)c4)c(C(N)=O)c3C2)ccc1C1C=N1. The fourth-order valence-electron chi connectivity index (χ4n) is 4.09. The van der Waals surface area contributed by atoms with Gasteiger partial charge in [0.25, 0.3) is 5.91 Å². The van der Waals surface area contributed by atoms with E-state index in [2.05, 4.69) is 15.4 Å². The lowest BCUT2D eigenvalue weighted by Crippen LogP contribution is -2.41. The molecular weight excluding hydrogens is 447 g/mol. The fourth-order valence-corrected chi connectivity index (χ4v) is 4.27. The predicted octanol–water partition coefficient (Wildman–Crippen LogP) is 3.92. The number of primary amides is 1. The molecule has 33 heavy (non-hydrogen) atoms. The molecule has 3 amide bonds. The van der Waals surface area contributed by atoms with Crippen LogP contribution in [0.5, 0.6) is 0 Å². The highest BCUT2D eigenvalue weighted by Crippen LogP contribution is 2.31. The maximum absolute atomic E-state index is 13.6. The first-order chi connectivity index (χ1) is 15.8. The number of carbonyl (C=O) groups is 2. The van der Waals surface area contributed by atoms with E-state index in [0.29, 0.717) is 35.7 Å². The van der Waals surface area contributed by atoms with E-state index in [4.69, 9.17) is 17.3 Å². The minimum Gasteiger partial charge on any atom is -0.365 e. The van der Waals surface area contributed by atoms with Crippen molar-refractivity contribution < 1.29 is 14.0 Å². The summed E-state index contributed by atoms with van der Waals surface area (Å²) in [5.74, 6) is -1.25. The number of hydrogen-bond acceptors (Lipinski definition) is 4. The van der Waals surface area contributed by atoms with Crippen LogP contribution in [0.3, 0.4) is 0 Å². The van der Waals surface area contributed by atoms with Crippen LogP contribution >= 0.6 is 11.6 Å². The molecule has 10 heteroatoms. The first-order valence-corrected chi connectivity index (χ1v) is 10.7. The summed E-state index contributed by atoms with van der Waals surface area (Å²) in [6.07, 6.45) is 1.88. The molecular formula is C23H20ClFN6O2. The highest BCUT2D eigenvalue weighted by Gasteiger charge is 2.30. The van der Waals surface area contributed by atoms with Crippen LogP contribution < -0.4 is 11.1 Å². The van der Waals surface area contributed by atoms with Gasteiger partial charge in [-0.15, -0.1) is 0 Å². The largest absolute Gasteiger partial charge is 0.365 e. The lowest BCUT2D eigenvalue weighted by Gasteiger charge is -2.28. The molecule has 0 saturated carbocycles. The molecule has 5 rings (SSSR count). The van der Waals surface area contributed by atoms with Gasteiger partial charge in [0, 0.05) is 24.0 Å². The number of fused-ring (bicyclic) bond motifs is 1. The molecule has 1 aromatic heterocycles. The summed E-state index contributed by atoms with van der Waals surface area (Å²) in [6, 6.07) is 9.68. The second-order valence-corrected chi connectivity index (χ2v) is 8.46. The molecule has 2 aliphatic heterocycles. The molecule has 3 heterocycles. The normalized spacial score (nSPS) is 16.5. The van der Waals surface area contributed by atoms with Crippen molar-refractivity contribution in [3.8, 4) is 11.3 Å². The molecule has 0 bridgehead atoms. The van der Waals surface area contributed by atoms with Crippen molar-refractivity contribution in [2.75, 3.05) is 11.9 Å². The van der Waals surface area contributed by atoms with E-state index >= 15 is 0 Å². The average molecular weight is 467 g/mol. The van der Waals surface area contributed by atoms with Crippen molar-refractivity contribution in [2.24, 2.45) is 10.7 Å². The molecule has 1 atom stereocenters. The van der Waals surface area contributed by atoms with Gasteiger partial charge in [-0.1, -0.05) is 17.7 Å². The third-order valence-corrected chi connectivity index (χ3v) is 6.13. The second-order valence-electron chi connectivity index (χ2n) is 8.05.